The SMILES string of the molecule is Cn1ccnc1-c1ccc2c(=O)c3cc(F)ccc3n(C)c2c1. The zero-order chi connectivity index (χ0) is 16.1. The van der Waals surface area contributed by atoms with Crippen molar-refractivity contribution in [2.45, 2.75) is 0 Å². The maximum atomic E-state index is 13.5. The summed E-state index contributed by atoms with van der Waals surface area (Å²) in [7, 11) is 3.80. The Kier molecular flexibility index (Phi) is 2.84. The summed E-state index contributed by atoms with van der Waals surface area (Å²) in [5.74, 6) is 0.428. The normalized spacial score (nSPS) is 11.4. The summed E-state index contributed by atoms with van der Waals surface area (Å²) < 4.78 is 17.3. The Bertz CT molecular complexity index is 1120. The van der Waals surface area contributed by atoms with Crippen molar-refractivity contribution in [1.82, 2.24) is 14.1 Å². The summed E-state index contributed by atoms with van der Waals surface area (Å²) in [5, 5.41) is 0.966. The van der Waals surface area contributed by atoms with Crippen LogP contribution in [0.4, 0.5) is 4.39 Å². The predicted octanol–water partition coefficient (Wildman–Crippen LogP) is 3.23. The molecule has 4 aromatic rings. The highest BCUT2D eigenvalue weighted by Crippen LogP contribution is 2.24. The first-order chi connectivity index (χ1) is 11.1. The van der Waals surface area contributed by atoms with Crippen molar-refractivity contribution in [1.29, 1.82) is 0 Å². The van der Waals surface area contributed by atoms with Crippen LogP contribution in [0.1, 0.15) is 0 Å². The fraction of sp³-hybridized carbons (Fsp3) is 0.111. The number of benzene rings is 2. The molecule has 0 fully saturated rings. The van der Waals surface area contributed by atoms with Crippen LogP contribution < -0.4 is 5.43 Å². The summed E-state index contributed by atoms with van der Waals surface area (Å²) in [6.07, 6.45) is 3.61. The molecule has 4 rings (SSSR count). The molecule has 0 radical (unpaired) electrons. The van der Waals surface area contributed by atoms with Gasteiger partial charge in [0.25, 0.3) is 0 Å². The van der Waals surface area contributed by atoms with Crippen molar-refractivity contribution in [3.8, 4) is 11.4 Å². The van der Waals surface area contributed by atoms with Gasteiger partial charge >= 0.3 is 0 Å². The van der Waals surface area contributed by atoms with Gasteiger partial charge in [-0.2, -0.15) is 0 Å². The molecular weight excluding hydrogens is 293 g/mol. The minimum Gasteiger partial charge on any atom is -0.343 e. The molecular formula is C18H14FN3O. The van der Waals surface area contributed by atoms with E-state index in [1.54, 1.807) is 18.3 Å². The van der Waals surface area contributed by atoms with Crippen LogP contribution in [0, 0.1) is 5.82 Å². The third kappa shape index (κ3) is 1.97. The number of hydrogen-bond acceptors (Lipinski definition) is 2. The third-order valence-electron chi connectivity index (χ3n) is 4.25. The van der Waals surface area contributed by atoms with Crippen LogP contribution in [0.25, 0.3) is 33.2 Å². The van der Waals surface area contributed by atoms with Crippen LogP contribution in [-0.4, -0.2) is 14.1 Å². The minimum atomic E-state index is -0.404. The average Bonchev–Trinajstić information content (AvgIpc) is 2.98. The highest BCUT2D eigenvalue weighted by Gasteiger charge is 2.12. The molecule has 2 aromatic heterocycles. The lowest BCUT2D eigenvalue weighted by molar-refractivity contribution is 0.629. The maximum absolute atomic E-state index is 13.5. The molecule has 0 saturated carbocycles. The van der Waals surface area contributed by atoms with E-state index in [0.717, 1.165) is 16.9 Å². The summed E-state index contributed by atoms with van der Waals surface area (Å²) >= 11 is 0. The van der Waals surface area contributed by atoms with Crippen molar-refractivity contribution >= 4 is 21.8 Å². The minimum absolute atomic E-state index is 0.154. The molecule has 2 heterocycles. The molecule has 0 saturated heterocycles. The van der Waals surface area contributed by atoms with Crippen LogP contribution >= 0.6 is 0 Å². The van der Waals surface area contributed by atoms with E-state index in [2.05, 4.69) is 4.98 Å². The highest BCUT2D eigenvalue weighted by molar-refractivity contribution is 5.94. The Balaban J connectivity index is 2.12. The number of nitrogens with zero attached hydrogens (tertiary/aromatic N) is 3. The second-order valence-electron chi connectivity index (χ2n) is 5.64. The Hall–Kier alpha value is -2.95. The molecule has 0 aliphatic heterocycles. The van der Waals surface area contributed by atoms with Gasteiger partial charge in [-0.05, 0) is 30.3 Å². The van der Waals surface area contributed by atoms with Gasteiger partial charge in [-0.15, -0.1) is 0 Å². The summed E-state index contributed by atoms with van der Waals surface area (Å²) in [4.78, 5) is 17.0. The van der Waals surface area contributed by atoms with Gasteiger partial charge in [0.2, 0.25) is 0 Å². The molecule has 114 valence electrons. The lowest BCUT2D eigenvalue weighted by atomic mass is 10.1. The first kappa shape index (κ1) is 13.7. The van der Waals surface area contributed by atoms with Crippen molar-refractivity contribution in [3.05, 3.63) is 64.8 Å². The number of aryl methyl sites for hydroxylation is 2. The van der Waals surface area contributed by atoms with E-state index >= 15 is 0 Å². The molecule has 0 aliphatic rings. The second kappa shape index (κ2) is 4.78. The van der Waals surface area contributed by atoms with E-state index in [9.17, 15) is 9.18 Å². The number of rotatable bonds is 1. The van der Waals surface area contributed by atoms with Crippen molar-refractivity contribution in [2.24, 2.45) is 14.1 Å². The molecule has 0 bridgehead atoms. The van der Waals surface area contributed by atoms with Crippen LogP contribution in [0.2, 0.25) is 0 Å². The monoisotopic (exact) mass is 307 g/mol. The molecule has 4 nitrogen and oxygen atoms in total. The van der Waals surface area contributed by atoms with Crippen molar-refractivity contribution in [3.63, 3.8) is 0 Å². The molecule has 23 heavy (non-hydrogen) atoms. The molecule has 2 aromatic carbocycles. The van der Waals surface area contributed by atoms with E-state index in [-0.39, 0.29) is 5.43 Å². The third-order valence-corrected chi connectivity index (χ3v) is 4.25. The molecule has 0 amide bonds. The molecule has 0 unspecified atom stereocenters. The van der Waals surface area contributed by atoms with E-state index in [1.165, 1.54) is 12.1 Å². The first-order valence-electron chi connectivity index (χ1n) is 7.26. The van der Waals surface area contributed by atoms with Gasteiger partial charge in [0.05, 0.1) is 11.0 Å². The first-order valence-corrected chi connectivity index (χ1v) is 7.26. The van der Waals surface area contributed by atoms with E-state index < -0.39 is 5.82 Å². The molecule has 0 aliphatic carbocycles. The number of imidazole rings is 1. The lowest BCUT2D eigenvalue weighted by Gasteiger charge is -2.12. The zero-order valence-electron chi connectivity index (χ0n) is 12.7. The highest BCUT2D eigenvalue weighted by atomic mass is 19.1. The number of fused-ring (bicyclic) bond motifs is 2. The number of halogens is 1. The van der Waals surface area contributed by atoms with E-state index in [4.69, 9.17) is 0 Å². The van der Waals surface area contributed by atoms with Gasteiger partial charge in [-0.25, -0.2) is 9.37 Å². The standard InChI is InChI=1S/C18H14FN3O/c1-21-8-7-20-18(21)11-3-5-13-16(9-11)22(2)15-6-4-12(19)10-14(15)17(13)23/h3-10H,1-2H3. The van der Waals surface area contributed by atoms with Gasteiger partial charge in [-0.3, -0.25) is 4.79 Å². The van der Waals surface area contributed by atoms with E-state index in [0.29, 0.717) is 16.3 Å². The maximum Gasteiger partial charge on any atom is 0.197 e. The Labute approximate surface area is 131 Å². The smallest absolute Gasteiger partial charge is 0.197 e. The topological polar surface area (TPSA) is 39.8 Å². The number of pyridine rings is 1. The summed E-state index contributed by atoms with van der Waals surface area (Å²) in [6, 6.07) is 9.91. The Morgan fingerprint density at radius 3 is 2.57 bits per heavy atom. The second-order valence-corrected chi connectivity index (χ2v) is 5.64. The van der Waals surface area contributed by atoms with Gasteiger partial charge in [-0.1, -0.05) is 6.07 Å². The van der Waals surface area contributed by atoms with Crippen LogP contribution in [0.3, 0.4) is 0 Å². The summed E-state index contributed by atoms with van der Waals surface area (Å²) in [5.41, 5.74) is 2.29. The largest absolute Gasteiger partial charge is 0.343 e. The molecule has 0 N–H and O–H groups in total. The molecule has 0 atom stereocenters. The van der Waals surface area contributed by atoms with Crippen LogP contribution in [0.5, 0.6) is 0 Å². The number of aromatic nitrogens is 3. The van der Waals surface area contributed by atoms with Gasteiger partial charge in [0.15, 0.2) is 5.43 Å². The molecule has 0 spiro atoms. The molecule has 5 heteroatoms. The van der Waals surface area contributed by atoms with Gasteiger partial charge in [0.1, 0.15) is 11.6 Å². The quantitative estimate of drug-likeness (QED) is 0.507. The predicted molar refractivity (Wildman–Crippen MR) is 88.9 cm³/mol. The fourth-order valence-corrected chi connectivity index (χ4v) is 3.04. The zero-order valence-corrected chi connectivity index (χ0v) is 12.7. The fourth-order valence-electron chi connectivity index (χ4n) is 3.04. The van der Waals surface area contributed by atoms with Gasteiger partial charge in [0, 0.05) is 42.8 Å². The van der Waals surface area contributed by atoms with Crippen LogP contribution in [0.15, 0.2) is 53.6 Å². The number of hydrogen-bond donors (Lipinski definition) is 0. The lowest BCUT2D eigenvalue weighted by Crippen LogP contribution is -2.09. The Morgan fingerprint density at radius 1 is 1.00 bits per heavy atom. The Morgan fingerprint density at radius 2 is 1.83 bits per heavy atom. The summed E-state index contributed by atoms with van der Waals surface area (Å²) in [6.45, 7) is 0. The van der Waals surface area contributed by atoms with Crippen LogP contribution in [-0.2, 0) is 14.1 Å². The van der Waals surface area contributed by atoms with E-state index in [1.807, 2.05) is 41.6 Å². The average molecular weight is 307 g/mol. The van der Waals surface area contributed by atoms with Crippen molar-refractivity contribution < 1.29 is 4.39 Å². The van der Waals surface area contributed by atoms with Gasteiger partial charge < -0.3 is 9.13 Å². The van der Waals surface area contributed by atoms with Crippen molar-refractivity contribution in [2.75, 3.05) is 0 Å².